The Morgan fingerprint density at radius 2 is 0.458 bits per heavy atom. The van der Waals surface area contributed by atoms with Gasteiger partial charge in [-0.05, 0) is 159 Å². The van der Waals surface area contributed by atoms with Gasteiger partial charge in [-0.2, -0.15) is 20.7 Å². The van der Waals surface area contributed by atoms with Crippen molar-refractivity contribution in [2.75, 3.05) is 0 Å². The van der Waals surface area contributed by atoms with Crippen LogP contribution in [0.15, 0.2) is 371 Å². The van der Waals surface area contributed by atoms with Gasteiger partial charge < -0.3 is 32.1 Å². The standard InChI is InChI=1S/C58H35N5.C40H26N2.2Ir/c1-3-15-41(16-4-1)55-33-29-43(38-59-55)50-20-8-11-23-53(50)46-35-45(36-47(37-46)54-24-12-9-21-51(54)44-30-34-56(60-39-44)42-17-5-2-6-18-42)52-22-10-7-19-49(52)40-27-31-48(32-28-40)63-61-57-25-13-14-26-58(57)62-63;1-3-12-29(13-4-1)39-24-22-33(27-41-39)37-20-9-7-18-35(37)31-16-11-17-32(26-31)36-19-8-10-21-38(36)34-23-25-40(42-28-34)30-14-5-2-6-15-30;;/h1-15,17,19-30,33-39H;1-12,14,16-28H;;/q-4;-2;2*+3. The molecule has 5 heterocycles. The Bertz CT molecular complexity index is 5720. The molecule has 0 radical (unpaired) electrons. The van der Waals surface area contributed by atoms with Crippen molar-refractivity contribution >= 4 is 11.0 Å². The molecule has 18 aromatic rings. The SMILES string of the molecule is [Ir+3].[Ir+3].[c-]1cc(-c2ccccc2-c2cc(-c3ccccc3-c3ccc(-c4[c-]cccc4)nc3)cc(-c3ccccc3-c3ccc(-c4[c-]cccc4)nc3)c2)c[c-]c1-n1nc2ccccc2n1.[c-]1ccccc1-c1ccc(-c2ccccc2-c2cccc(-c3ccccc3-c3ccc(-c4[c-]cccc4)nc3)c2)cn1. The van der Waals surface area contributed by atoms with E-state index >= 15 is 0 Å². The van der Waals surface area contributed by atoms with E-state index in [2.05, 4.69) is 259 Å². The van der Waals surface area contributed by atoms with Gasteiger partial charge >= 0.3 is 40.2 Å². The molecule has 107 heavy (non-hydrogen) atoms. The normalized spacial score (nSPS) is 10.8. The summed E-state index contributed by atoms with van der Waals surface area (Å²) in [6.07, 6.45) is 7.84. The topological polar surface area (TPSA) is 82.3 Å². The van der Waals surface area contributed by atoms with Crippen LogP contribution in [0.25, 0.3) is 173 Å². The summed E-state index contributed by atoms with van der Waals surface area (Å²) in [5.41, 5.74) is 31.8. The van der Waals surface area contributed by atoms with Crippen molar-refractivity contribution in [2.45, 2.75) is 0 Å². The maximum Gasteiger partial charge on any atom is 3.00 e. The predicted molar refractivity (Wildman–Crippen MR) is 426 cm³/mol. The van der Waals surface area contributed by atoms with E-state index in [1.54, 1.807) is 4.80 Å². The second kappa shape index (κ2) is 32.4. The number of rotatable bonds is 15. The summed E-state index contributed by atoms with van der Waals surface area (Å²) in [5.74, 6) is 0. The molecule has 0 spiro atoms. The number of pyridine rings is 4. The second-order valence-electron chi connectivity index (χ2n) is 25.3. The Labute approximate surface area is 650 Å². The first-order chi connectivity index (χ1) is 52.0. The Morgan fingerprint density at radius 1 is 0.206 bits per heavy atom. The molecule has 5 aromatic heterocycles. The minimum absolute atomic E-state index is 0. The Morgan fingerprint density at radius 3 is 0.729 bits per heavy atom. The smallest absolute Gasteiger partial charge is 0.330 e. The van der Waals surface area contributed by atoms with Crippen molar-refractivity contribution in [3.63, 3.8) is 0 Å². The van der Waals surface area contributed by atoms with Gasteiger partial charge in [-0.15, -0.1) is 149 Å². The van der Waals surface area contributed by atoms with E-state index in [1.807, 2.05) is 158 Å². The molecular formula is C98H61Ir2N7. The molecule has 0 amide bonds. The van der Waals surface area contributed by atoms with Gasteiger partial charge in [-0.1, -0.05) is 200 Å². The van der Waals surface area contributed by atoms with Gasteiger partial charge in [-0.25, -0.2) is 5.56 Å². The van der Waals surface area contributed by atoms with Gasteiger partial charge in [0.2, 0.25) is 0 Å². The molecule has 0 N–H and O–H groups in total. The monoisotopic (exact) mass is 1720 g/mol. The average Bonchev–Trinajstić information content (AvgIpc) is 1.08. The molecule has 0 saturated carbocycles. The minimum Gasteiger partial charge on any atom is -0.330 e. The van der Waals surface area contributed by atoms with Crippen LogP contribution < -0.4 is 0 Å². The maximum atomic E-state index is 4.89. The number of hydrogen-bond donors (Lipinski definition) is 0. The van der Waals surface area contributed by atoms with Crippen molar-refractivity contribution in [1.29, 1.82) is 0 Å². The van der Waals surface area contributed by atoms with E-state index in [0.717, 1.165) is 156 Å². The molecule has 0 aliphatic heterocycles. The van der Waals surface area contributed by atoms with Crippen molar-refractivity contribution in [2.24, 2.45) is 0 Å². The third kappa shape index (κ3) is 15.3. The first-order valence-electron chi connectivity index (χ1n) is 34.8. The number of aromatic nitrogens is 7. The van der Waals surface area contributed by atoms with Crippen molar-refractivity contribution in [3.8, 4) is 162 Å². The van der Waals surface area contributed by atoms with Gasteiger partial charge in [0, 0.05) is 24.8 Å². The number of nitrogens with zero attached hydrogens (tertiary/aromatic N) is 7. The summed E-state index contributed by atoms with van der Waals surface area (Å²) in [7, 11) is 0. The minimum atomic E-state index is 0. The average molecular weight is 1720 g/mol. The molecule has 13 aromatic carbocycles. The van der Waals surface area contributed by atoms with Crippen molar-refractivity contribution in [3.05, 3.63) is 407 Å². The largest absolute Gasteiger partial charge is 3.00 e. The molecule has 0 saturated heterocycles. The molecule has 0 aliphatic rings. The van der Waals surface area contributed by atoms with Gasteiger partial charge in [-0.3, -0.25) is 12.1 Å². The fourth-order valence-corrected chi connectivity index (χ4v) is 13.5. The van der Waals surface area contributed by atoms with Gasteiger partial charge in [0.15, 0.2) is 0 Å². The van der Waals surface area contributed by atoms with Crippen LogP contribution in [0.1, 0.15) is 0 Å². The second-order valence-corrected chi connectivity index (χ2v) is 25.3. The fourth-order valence-electron chi connectivity index (χ4n) is 13.5. The maximum absolute atomic E-state index is 4.89. The molecule has 0 bridgehead atoms. The summed E-state index contributed by atoms with van der Waals surface area (Å²) in [4.78, 5) is 20.9. The molecule has 0 atom stereocenters. The number of benzene rings is 13. The summed E-state index contributed by atoms with van der Waals surface area (Å²) >= 11 is 0. The zero-order chi connectivity index (χ0) is 70.1. The van der Waals surface area contributed by atoms with Crippen LogP contribution in [-0.2, 0) is 40.2 Å². The molecule has 7 nitrogen and oxygen atoms in total. The first-order valence-corrected chi connectivity index (χ1v) is 34.8. The van der Waals surface area contributed by atoms with Gasteiger partial charge in [0.25, 0.3) is 0 Å². The summed E-state index contributed by atoms with van der Waals surface area (Å²) in [5, 5.41) is 9.31. The quantitative estimate of drug-likeness (QED) is 0.0951. The van der Waals surface area contributed by atoms with Crippen LogP contribution in [0.5, 0.6) is 0 Å². The Hall–Kier alpha value is -12.8. The zero-order valence-electron chi connectivity index (χ0n) is 57.5. The van der Waals surface area contributed by atoms with Crippen LogP contribution in [-0.4, -0.2) is 34.9 Å². The fraction of sp³-hybridized carbons (Fsp3) is 0. The van der Waals surface area contributed by atoms with Crippen LogP contribution in [0.4, 0.5) is 0 Å². The molecule has 18 rings (SSSR count). The van der Waals surface area contributed by atoms with E-state index in [0.29, 0.717) is 5.69 Å². The van der Waals surface area contributed by atoms with E-state index < -0.39 is 0 Å². The van der Waals surface area contributed by atoms with Gasteiger partial charge in [0.05, 0.1) is 0 Å². The third-order valence-electron chi connectivity index (χ3n) is 18.8. The Balaban J connectivity index is 0.000000181. The van der Waals surface area contributed by atoms with E-state index in [9.17, 15) is 0 Å². The first kappa shape index (κ1) is 69.9. The van der Waals surface area contributed by atoms with Crippen LogP contribution >= 0.6 is 0 Å². The molecule has 9 heteroatoms. The molecular weight excluding hydrogens is 1660 g/mol. The molecule has 0 unspecified atom stereocenters. The van der Waals surface area contributed by atoms with E-state index in [-0.39, 0.29) is 40.2 Å². The van der Waals surface area contributed by atoms with Gasteiger partial charge in [0.1, 0.15) is 11.0 Å². The molecule has 0 fully saturated rings. The van der Waals surface area contributed by atoms with E-state index in [4.69, 9.17) is 19.9 Å². The Kier molecular flexibility index (Phi) is 21.2. The molecule has 0 aliphatic carbocycles. The zero-order valence-corrected chi connectivity index (χ0v) is 62.3. The van der Waals surface area contributed by atoms with Crippen LogP contribution in [0.3, 0.4) is 0 Å². The molecule has 506 valence electrons. The number of hydrogen-bond acceptors (Lipinski definition) is 6. The summed E-state index contributed by atoms with van der Waals surface area (Å²) < 4.78 is 0. The van der Waals surface area contributed by atoms with Crippen molar-refractivity contribution in [1.82, 2.24) is 34.9 Å². The summed E-state index contributed by atoms with van der Waals surface area (Å²) in [6, 6.07) is 139. The van der Waals surface area contributed by atoms with E-state index in [1.165, 1.54) is 11.1 Å². The third-order valence-corrected chi connectivity index (χ3v) is 18.8. The predicted octanol–water partition coefficient (Wildman–Crippen LogP) is 23.8. The number of fused-ring (bicyclic) bond motifs is 1. The van der Waals surface area contributed by atoms with Crippen LogP contribution in [0, 0.1) is 36.4 Å². The van der Waals surface area contributed by atoms with Crippen LogP contribution in [0.2, 0.25) is 0 Å². The summed E-state index contributed by atoms with van der Waals surface area (Å²) in [6.45, 7) is 0. The van der Waals surface area contributed by atoms with Crippen molar-refractivity contribution < 1.29 is 40.2 Å².